The zero-order valence-electron chi connectivity index (χ0n) is 7.70. The van der Waals surface area contributed by atoms with Crippen LogP contribution in [0.2, 0.25) is 0 Å². The van der Waals surface area contributed by atoms with Gasteiger partial charge in [0.05, 0.1) is 11.8 Å². The molecule has 1 aliphatic carbocycles. The van der Waals surface area contributed by atoms with Gasteiger partial charge in [-0.25, -0.2) is 0 Å². The summed E-state index contributed by atoms with van der Waals surface area (Å²) in [5, 5.41) is 0. The van der Waals surface area contributed by atoms with Crippen LogP contribution in [0.3, 0.4) is 0 Å². The van der Waals surface area contributed by atoms with Crippen LogP contribution in [0.4, 0.5) is 0 Å². The number of likely N-dealkylation sites (tertiary alicyclic amines) is 1. The number of carbonyl (C=O) groups excluding carboxylic acids is 2. The van der Waals surface area contributed by atoms with Crippen LogP contribution in [0.25, 0.3) is 0 Å². The number of piperidine rings is 1. The molecule has 1 aliphatic heterocycles. The molecule has 0 bridgehead atoms. The molecule has 1 saturated heterocycles. The Morgan fingerprint density at radius 3 is 2.23 bits per heavy atom. The largest absolute Gasteiger partial charge is 0.274 e. The highest BCUT2D eigenvalue weighted by Crippen LogP contribution is 2.48. The second kappa shape index (κ2) is 2.14. The second-order valence-electron chi connectivity index (χ2n) is 4.16. The smallest absolute Gasteiger partial charge is 0.234 e. The zero-order chi connectivity index (χ0) is 9.80. The van der Waals surface area contributed by atoms with E-state index in [4.69, 9.17) is 6.42 Å². The van der Waals surface area contributed by atoms with Crippen molar-refractivity contribution in [1.82, 2.24) is 4.90 Å². The van der Waals surface area contributed by atoms with Gasteiger partial charge in [-0.1, -0.05) is 5.92 Å². The first kappa shape index (κ1) is 8.31. The summed E-state index contributed by atoms with van der Waals surface area (Å²) < 4.78 is 0. The number of fused-ring (bicyclic) bond motifs is 1. The molecule has 0 aromatic carbocycles. The predicted octanol–water partition coefficient (Wildman–Crippen LogP) is 0.403. The molecule has 2 fully saturated rings. The summed E-state index contributed by atoms with van der Waals surface area (Å²) in [6.45, 7) is 3.43. The van der Waals surface area contributed by atoms with Gasteiger partial charge in [-0.2, -0.15) is 0 Å². The minimum Gasteiger partial charge on any atom is -0.274 e. The van der Waals surface area contributed by atoms with Crippen LogP contribution in [0.1, 0.15) is 20.3 Å². The van der Waals surface area contributed by atoms with Crippen molar-refractivity contribution >= 4 is 11.8 Å². The first-order valence-corrected chi connectivity index (χ1v) is 4.34. The van der Waals surface area contributed by atoms with Gasteiger partial charge in [0.2, 0.25) is 11.8 Å². The minimum absolute atomic E-state index is 0.0554. The highest BCUT2D eigenvalue weighted by molar-refractivity contribution is 6.09. The third-order valence-electron chi connectivity index (χ3n) is 2.78. The van der Waals surface area contributed by atoms with Gasteiger partial charge in [0.25, 0.3) is 0 Å². The van der Waals surface area contributed by atoms with E-state index < -0.39 is 5.54 Å². The molecule has 2 atom stereocenters. The van der Waals surface area contributed by atoms with Crippen LogP contribution in [-0.2, 0) is 9.59 Å². The molecule has 0 aromatic rings. The lowest BCUT2D eigenvalue weighted by Crippen LogP contribution is -2.48. The van der Waals surface area contributed by atoms with Crippen molar-refractivity contribution in [3.8, 4) is 12.3 Å². The fourth-order valence-corrected chi connectivity index (χ4v) is 1.80. The summed E-state index contributed by atoms with van der Waals surface area (Å²) in [6.07, 6.45) is 6.01. The summed E-state index contributed by atoms with van der Waals surface area (Å²) in [7, 11) is 0. The Morgan fingerprint density at radius 1 is 1.38 bits per heavy atom. The third-order valence-corrected chi connectivity index (χ3v) is 2.78. The second-order valence-corrected chi connectivity index (χ2v) is 4.16. The molecular formula is C10H11NO2. The SMILES string of the molecule is C#CC(C)(C)N1C(=O)C2CC2C1=O. The van der Waals surface area contributed by atoms with Crippen LogP contribution in [0.15, 0.2) is 0 Å². The average molecular weight is 177 g/mol. The van der Waals surface area contributed by atoms with E-state index in [1.807, 2.05) is 0 Å². The third kappa shape index (κ3) is 0.918. The minimum atomic E-state index is -0.762. The summed E-state index contributed by atoms with van der Waals surface area (Å²) >= 11 is 0. The summed E-state index contributed by atoms with van der Waals surface area (Å²) in [5.41, 5.74) is -0.762. The van der Waals surface area contributed by atoms with Gasteiger partial charge < -0.3 is 0 Å². The van der Waals surface area contributed by atoms with E-state index in [2.05, 4.69) is 5.92 Å². The van der Waals surface area contributed by atoms with Crippen LogP contribution < -0.4 is 0 Å². The van der Waals surface area contributed by atoms with E-state index >= 15 is 0 Å². The van der Waals surface area contributed by atoms with E-state index in [0.29, 0.717) is 0 Å². The van der Waals surface area contributed by atoms with Gasteiger partial charge in [-0.05, 0) is 20.3 Å². The Labute approximate surface area is 77.1 Å². The van der Waals surface area contributed by atoms with E-state index in [1.165, 1.54) is 4.90 Å². The van der Waals surface area contributed by atoms with E-state index in [9.17, 15) is 9.59 Å². The summed E-state index contributed by atoms with van der Waals surface area (Å²) in [5.74, 6) is 2.19. The topological polar surface area (TPSA) is 37.4 Å². The van der Waals surface area contributed by atoms with Gasteiger partial charge in [-0.15, -0.1) is 6.42 Å². The Morgan fingerprint density at radius 2 is 1.85 bits per heavy atom. The highest BCUT2D eigenvalue weighted by Gasteiger charge is 2.61. The maximum Gasteiger partial charge on any atom is 0.234 e. The van der Waals surface area contributed by atoms with Gasteiger partial charge in [0.15, 0.2) is 0 Å². The normalized spacial score (nSPS) is 31.6. The number of hydrogen-bond donors (Lipinski definition) is 0. The Hall–Kier alpha value is -1.30. The van der Waals surface area contributed by atoms with Crippen molar-refractivity contribution in [3.63, 3.8) is 0 Å². The molecule has 0 radical (unpaired) electrons. The molecule has 2 unspecified atom stereocenters. The molecule has 3 heteroatoms. The van der Waals surface area contributed by atoms with Gasteiger partial charge >= 0.3 is 0 Å². The first-order valence-electron chi connectivity index (χ1n) is 4.34. The average Bonchev–Trinajstić information content (AvgIpc) is 2.78. The molecular weight excluding hydrogens is 166 g/mol. The number of carbonyl (C=O) groups is 2. The number of imide groups is 1. The maximum atomic E-state index is 11.6. The van der Waals surface area contributed by atoms with Crippen LogP contribution in [-0.4, -0.2) is 22.3 Å². The summed E-state index contributed by atoms with van der Waals surface area (Å²) in [4.78, 5) is 24.4. The van der Waals surface area contributed by atoms with E-state index in [0.717, 1.165) is 6.42 Å². The van der Waals surface area contributed by atoms with Gasteiger partial charge in [0.1, 0.15) is 5.54 Å². The number of rotatable bonds is 1. The van der Waals surface area contributed by atoms with Crippen molar-refractivity contribution in [3.05, 3.63) is 0 Å². The lowest BCUT2D eigenvalue weighted by atomic mass is 10.0. The summed E-state index contributed by atoms with van der Waals surface area (Å²) in [6, 6.07) is 0. The van der Waals surface area contributed by atoms with Gasteiger partial charge in [0, 0.05) is 0 Å². The monoisotopic (exact) mass is 177 g/mol. The molecule has 1 saturated carbocycles. The fourth-order valence-electron chi connectivity index (χ4n) is 1.80. The predicted molar refractivity (Wildman–Crippen MR) is 46.4 cm³/mol. The number of nitrogens with zero attached hydrogens (tertiary/aromatic N) is 1. The van der Waals surface area contributed by atoms with Crippen molar-refractivity contribution in [1.29, 1.82) is 0 Å². The molecule has 2 rings (SSSR count). The Balaban J connectivity index is 2.32. The molecule has 0 spiro atoms. The molecule has 0 aromatic heterocycles. The molecule has 2 aliphatic rings. The Bertz CT molecular complexity index is 317. The highest BCUT2D eigenvalue weighted by atomic mass is 16.2. The molecule has 13 heavy (non-hydrogen) atoms. The molecule has 2 amide bonds. The lowest BCUT2D eigenvalue weighted by molar-refractivity contribution is -0.145. The standard InChI is InChI=1S/C10H11NO2/c1-4-10(2,3)11-8(12)6-5-7(6)9(11)13/h1,6-7H,5H2,2-3H3. The van der Waals surface area contributed by atoms with Crippen molar-refractivity contribution in [2.24, 2.45) is 11.8 Å². The molecule has 1 heterocycles. The maximum absolute atomic E-state index is 11.6. The van der Waals surface area contributed by atoms with Crippen molar-refractivity contribution < 1.29 is 9.59 Å². The first-order chi connectivity index (χ1) is 5.99. The number of hydrogen-bond acceptors (Lipinski definition) is 2. The van der Waals surface area contributed by atoms with Crippen LogP contribution in [0.5, 0.6) is 0 Å². The van der Waals surface area contributed by atoms with Crippen molar-refractivity contribution in [2.45, 2.75) is 25.8 Å². The zero-order valence-corrected chi connectivity index (χ0v) is 7.70. The lowest BCUT2D eigenvalue weighted by Gasteiger charge is -2.29. The van der Waals surface area contributed by atoms with E-state index in [1.54, 1.807) is 13.8 Å². The van der Waals surface area contributed by atoms with Crippen LogP contribution in [0, 0.1) is 24.2 Å². The number of amides is 2. The van der Waals surface area contributed by atoms with Crippen LogP contribution >= 0.6 is 0 Å². The molecule has 3 nitrogen and oxygen atoms in total. The van der Waals surface area contributed by atoms with Gasteiger partial charge in [-0.3, -0.25) is 14.5 Å². The molecule has 68 valence electrons. The number of terminal acetylenes is 1. The Kier molecular flexibility index (Phi) is 1.37. The fraction of sp³-hybridized carbons (Fsp3) is 0.600. The van der Waals surface area contributed by atoms with Crippen molar-refractivity contribution in [2.75, 3.05) is 0 Å². The molecule has 0 N–H and O–H groups in total. The quantitative estimate of drug-likeness (QED) is 0.429. The van der Waals surface area contributed by atoms with E-state index in [-0.39, 0.29) is 23.7 Å².